The second-order valence-corrected chi connectivity index (χ2v) is 4.02. The molecule has 0 aromatic carbocycles. The quantitative estimate of drug-likeness (QED) is 0.619. The zero-order chi connectivity index (χ0) is 10.2. The molecule has 1 aromatic rings. The van der Waals surface area contributed by atoms with Crippen LogP contribution in [-0.4, -0.2) is 11.6 Å². The SMILES string of the molecule is NOCC1(c2cc(Cl)cnc2F)CC1. The van der Waals surface area contributed by atoms with Gasteiger partial charge in [0.1, 0.15) is 0 Å². The molecule has 2 rings (SSSR count). The van der Waals surface area contributed by atoms with E-state index in [9.17, 15) is 4.39 Å². The standard InChI is InChI=1S/C9H10ClFN2O/c10-6-3-7(8(11)13-4-6)9(1-2-9)5-14-12/h3-4H,1-2,5,12H2. The van der Waals surface area contributed by atoms with Crippen molar-refractivity contribution in [3.05, 3.63) is 28.8 Å². The number of rotatable bonds is 3. The average molecular weight is 217 g/mol. The van der Waals surface area contributed by atoms with Crippen LogP contribution in [0.15, 0.2) is 12.3 Å². The molecule has 0 spiro atoms. The number of aromatic nitrogens is 1. The highest BCUT2D eigenvalue weighted by Crippen LogP contribution is 2.49. The topological polar surface area (TPSA) is 48.1 Å². The first-order valence-corrected chi connectivity index (χ1v) is 4.69. The van der Waals surface area contributed by atoms with Crippen LogP contribution in [0.3, 0.4) is 0 Å². The van der Waals surface area contributed by atoms with Gasteiger partial charge in [0.2, 0.25) is 5.95 Å². The lowest BCUT2D eigenvalue weighted by molar-refractivity contribution is 0.115. The van der Waals surface area contributed by atoms with Crippen LogP contribution in [-0.2, 0) is 10.3 Å². The lowest BCUT2D eigenvalue weighted by Gasteiger charge is -2.14. The molecule has 0 atom stereocenters. The van der Waals surface area contributed by atoms with E-state index < -0.39 is 5.95 Å². The summed E-state index contributed by atoms with van der Waals surface area (Å²) in [5.41, 5.74) is 0.215. The molecule has 3 nitrogen and oxygen atoms in total. The van der Waals surface area contributed by atoms with E-state index in [4.69, 9.17) is 17.5 Å². The molecular formula is C9H10ClFN2O. The van der Waals surface area contributed by atoms with E-state index in [1.807, 2.05) is 0 Å². The van der Waals surface area contributed by atoms with Gasteiger partial charge in [-0.1, -0.05) is 11.6 Å². The van der Waals surface area contributed by atoms with Gasteiger partial charge in [-0.05, 0) is 18.9 Å². The highest BCUT2D eigenvalue weighted by molar-refractivity contribution is 6.30. The van der Waals surface area contributed by atoms with Gasteiger partial charge in [0.15, 0.2) is 0 Å². The van der Waals surface area contributed by atoms with Gasteiger partial charge >= 0.3 is 0 Å². The Balaban J connectivity index is 2.35. The molecule has 5 heteroatoms. The van der Waals surface area contributed by atoms with Gasteiger partial charge in [-0.3, -0.25) is 0 Å². The van der Waals surface area contributed by atoms with Gasteiger partial charge in [0.05, 0.1) is 11.6 Å². The summed E-state index contributed by atoms with van der Waals surface area (Å²) in [7, 11) is 0. The Bertz CT molecular complexity index is 355. The van der Waals surface area contributed by atoms with Crippen molar-refractivity contribution in [3.63, 3.8) is 0 Å². The maximum Gasteiger partial charge on any atom is 0.216 e. The number of hydrogen-bond acceptors (Lipinski definition) is 3. The summed E-state index contributed by atoms with van der Waals surface area (Å²) in [5, 5.41) is 0.435. The molecule has 0 amide bonds. The van der Waals surface area contributed by atoms with Gasteiger partial charge in [-0.2, -0.15) is 4.39 Å². The maximum atomic E-state index is 13.4. The van der Waals surface area contributed by atoms with E-state index in [2.05, 4.69) is 9.82 Å². The first-order valence-electron chi connectivity index (χ1n) is 4.31. The number of pyridine rings is 1. The van der Waals surface area contributed by atoms with Crippen molar-refractivity contribution >= 4 is 11.6 Å². The number of nitrogens with two attached hydrogens (primary N) is 1. The summed E-state index contributed by atoms with van der Waals surface area (Å²) >= 11 is 5.75. The van der Waals surface area contributed by atoms with E-state index in [-0.39, 0.29) is 5.41 Å². The summed E-state index contributed by atoms with van der Waals surface area (Å²) in [6.07, 6.45) is 3.02. The minimum Gasteiger partial charge on any atom is -0.304 e. The van der Waals surface area contributed by atoms with Gasteiger partial charge < -0.3 is 4.84 Å². The average Bonchev–Trinajstić information content (AvgIpc) is 2.91. The third kappa shape index (κ3) is 1.61. The van der Waals surface area contributed by atoms with Crippen LogP contribution in [0, 0.1) is 5.95 Å². The summed E-state index contributed by atoms with van der Waals surface area (Å²) < 4.78 is 13.4. The maximum absolute atomic E-state index is 13.4. The van der Waals surface area contributed by atoms with Gasteiger partial charge in [0, 0.05) is 17.2 Å². The van der Waals surface area contributed by atoms with Crippen LogP contribution in [0.4, 0.5) is 4.39 Å². The zero-order valence-electron chi connectivity index (χ0n) is 7.46. The molecule has 0 unspecified atom stereocenters. The van der Waals surface area contributed by atoms with E-state index >= 15 is 0 Å². The van der Waals surface area contributed by atoms with Crippen molar-refractivity contribution in [1.29, 1.82) is 0 Å². The molecular weight excluding hydrogens is 207 g/mol. The van der Waals surface area contributed by atoms with E-state index in [1.165, 1.54) is 6.20 Å². The Labute approximate surface area is 86.0 Å². The van der Waals surface area contributed by atoms with Gasteiger partial charge in [-0.25, -0.2) is 10.9 Å². The molecule has 1 heterocycles. The second kappa shape index (κ2) is 3.46. The lowest BCUT2D eigenvalue weighted by atomic mass is 9.99. The predicted molar refractivity (Wildman–Crippen MR) is 50.3 cm³/mol. The van der Waals surface area contributed by atoms with Crippen molar-refractivity contribution in [2.45, 2.75) is 18.3 Å². The minimum absolute atomic E-state index is 0.295. The van der Waals surface area contributed by atoms with Crippen LogP contribution in [0.5, 0.6) is 0 Å². The summed E-state index contributed by atoms with van der Waals surface area (Å²) in [6, 6.07) is 1.59. The highest BCUT2D eigenvalue weighted by atomic mass is 35.5. The summed E-state index contributed by atoms with van der Waals surface area (Å²) in [4.78, 5) is 8.15. The van der Waals surface area contributed by atoms with Crippen molar-refractivity contribution in [1.82, 2.24) is 4.98 Å². The number of halogens is 2. The van der Waals surface area contributed by atoms with E-state index in [0.29, 0.717) is 17.2 Å². The Morgan fingerprint density at radius 2 is 2.36 bits per heavy atom. The Kier molecular flexibility index (Phi) is 2.43. The monoisotopic (exact) mass is 216 g/mol. The molecule has 0 saturated heterocycles. The minimum atomic E-state index is -0.482. The first-order chi connectivity index (χ1) is 6.68. The smallest absolute Gasteiger partial charge is 0.216 e. The van der Waals surface area contributed by atoms with Gasteiger partial charge in [0.25, 0.3) is 0 Å². The molecule has 1 aliphatic carbocycles. The van der Waals surface area contributed by atoms with Crippen LogP contribution in [0.2, 0.25) is 5.02 Å². The molecule has 2 N–H and O–H groups in total. The molecule has 14 heavy (non-hydrogen) atoms. The van der Waals surface area contributed by atoms with E-state index in [0.717, 1.165) is 12.8 Å². The summed E-state index contributed by atoms with van der Waals surface area (Å²) in [6.45, 7) is 0.311. The van der Waals surface area contributed by atoms with Crippen molar-refractivity contribution in [2.75, 3.05) is 6.61 Å². The van der Waals surface area contributed by atoms with E-state index in [1.54, 1.807) is 6.07 Å². The van der Waals surface area contributed by atoms with Crippen LogP contribution < -0.4 is 5.90 Å². The number of nitrogens with zero attached hydrogens (tertiary/aromatic N) is 1. The molecule has 0 radical (unpaired) electrons. The second-order valence-electron chi connectivity index (χ2n) is 3.58. The molecule has 1 fully saturated rings. The van der Waals surface area contributed by atoms with Crippen LogP contribution in [0.1, 0.15) is 18.4 Å². The predicted octanol–water partition coefficient (Wildman–Crippen LogP) is 1.80. The fourth-order valence-electron chi connectivity index (χ4n) is 1.60. The first kappa shape index (κ1) is 9.83. The normalized spacial score (nSPS) is 18.2. The lowest BCUT2D eigenvalue weighted by Crippen LogP contribution is -2.20. The Morgan fingerprint density at radius 3 is 2.93 bits per heavy atom. The summed E-state index contributed by atoms with van der Waals surface area (Å²) in [5.74, 6) is 4.52. The van der Waals surface area contributed by atoms with Crippen molar-refractivity contribution in [3.8, 4) is 0 Å². The van der Waals surface area contributed by atoms with Crippen LogP contribution >= 0.6 is 11.6 Å². The highest BCUT2D eigenvalue weighted by Gasteiger charge is 2.47. The zero-order valence-corrected chi connectivity index (χ0v) is 8.22. The fourth-order valence-corrected chi connectivity index (χ4v) is 1.75. The molecule has 1 aromatic heterocycles. The van der Waals surface area contributed by atoms with Gasteiger partial charge in [-0.15, -0.1) is 0 Å². The Morgan fingerprint density at radius 1 is 1.64 bits per heavy atom. The van der Waals surface area contributed by atoms with Crippen molar-refractivity contribution < 1.29 is 9.23 Å². The molecule has 76 valence electrons. The Hall–Kier alpha value is -0.710. The molecule has 0 bridgehead atoms. The molecule has 1 saturated carbocycles. The third-order valence-electron chi connectivity index (χ3n) is 2.59. The molecule has 1 aliphatic rings. The number of hydrogen-bond donors (Lipinski definition) is 1. The fraction of sp³-hybridized carbons (Fsp3) is 0.444. The van der Waals surface area contributed by atoms with Crippen molar-refractivity contribution in [2.24, 2.45) is 5.90 Å². The largest absolute Gasteiger partial charge is 0.304 e. The molecule has 0 aliphatic heterocycles. The van der Waals surface area contributed by atoms with Crippen LogP contribution in [0.25, 0.3) is 0 Å². The third-order valence-corrected chi connectivity index (χ3v) is 2.80.